The third-order valence-corrected chi connectivity index (χ3v) is 3.48. The highest BCUT2D eigenvalue weighted by molar-refractivity contribution is 6.30. The number of nitrogens with one attached hydrogen (secondary N) is 2. The maximum absolute atomic E-state index is 11.8. The molecule has 25 heavy (non-hydrogen) atoms. The molecule has 2 rings (SSSR count). The van der Waals surface area contributed by atoms with E-state index in [0.717, 1.165) is 11.3 Å². The van der Waals surface area contributed by atoms with Crippen molar-refractivity contribution in [3.05, 3.63) is 59.1 Å². The van der Waals surface area contributed by atoms with Gasteiger partial charge in [0.2, 0.25) is 11.8 Å². The van der Waals surface area contributed by atoms with E-state index in [-0.39, 0.29) is 24.7 Å². The van der Waals surface area contributed by atoms with E-state index in [0.29, 0.717) is 10.7 Å². The number of halogens is 1. The summed E-state index contributed by atoms with van der Waals surface area (Å²) in [6.45, 7) is 0. The molecule has 0 saturated heterocycles. The second kappa shape index (κ2) is 9.44. The summed E-state index contributed by atoms with van der Waals surface area (Å²) < 4.78 is 5.06. The van der Waals surface area contributed by atoms with Crippen molar-refractivity contribution in [1.29, 1.82) is 0 Å². The minimum Gasteiger partial charge on any atom is -0.497 e. The fourth-order valence-corrected chi connectivity index (χ4v) is 2.03. The number of hydrogen-bond donors (Lipinski definition) is 2. The van der Waals surface area contributed by atoms with Crippen LogP contribution in [0.2, 0.25) is 5.02 Å². The molecule has 0 aliphatic carbocycles. The predicted octanol–water partition coefficient (Wildman–Crippen LogP) is 3.22. The van der Waals surface area contributed by atoms with Gasteiger partial charge in [-0.15, -0.1) is 0 Å². The number of hydrogen-bond acceptors (Lipinski definition) is 4. The quantitative estimate of drug-likeness (QED) is 0.588. The zero-order valence-corrected chi connectivity index (χ0v) is 14.4. The topological polar surface area (TPSA) is 79.8 Å². The van der Waals surface area contributed by atoms with Crippen LogP contribution in [-0.2, 0) is 9.59 Å². The van der Waals surface area contributed by atoms with Gasteiger partial charge in [0.05, 0.1) is 13.3 Å². The lowest BCUT2D eigenvalue weighted by atomic mass is 10.2. The Morgan fingerprint density at radius 1 is 1.04 bits per heavy atom. The van der Waals surface area contributed by atoms with Crippen LogP contribution in [-0.4, -0.2) is 25.1 Å². The number of anilines is 1. The standard InChI is InChI=1S/C18H18ClN3O3/c1-25-16-8-2-13(3-9-16)12-20-22-18(24)11-10-17(23)21-15-6-4-14(19)5-7-15/h2-9,12H,10-11H2,1H3,(H,21,23)(H,22,24)/b20-12-. The predicted molar refractivity (Wildman–Crippen MR) is 98.0 cm³/mol. The molecule has 7 heteroatoms. The summed E-state index contributed by atoms with van der Waals surface area (Å²) in [5.74, 6) is 0.153. The molecule has 0 spiro atoms. The minimum atomic E-state index is -0.337. The molecule has 0 fully saturated rings. The number of rotatable bonds is 7. The average molecular weight is 360 g/mol. The monoisotopic (exact) mass is 359 g/mol. The summed E-state index contributed by atoms with van der Waals surface area (Å²) in [6, 6.07) is 14.0. The van der Waals surface area contributed by atoms with Gasteiger partial charge >= 0.3 is 0 Å². The Morgan fingerprint density at radius 3 is 2.32 bits per heavy atom. The lowest BCUT2D eigenvalue weighted by Gasteiger charge is -2.04. The number of amides is 2. The Morgan fingerprint density at radius 2 is 1.68 bits per heavy atom. The van der Waals surface area contributed by atoms with E-state index in [9.17, 15) is 9.59 Å². The molecule has 0 atom stereocenters. The van der Waals surface area contributed by atoms with Crippen LogP contribution in [0.5, 0.6) is 5.75 Å². The summed E-state index contributed by atoms with van der Waals surface area (Å²) in [5.41, 5.74) is 3.84. The molecule has 0 aromatic heterocycles. The number of nitrogens with zero attached hydrogens (tertiary/aromatic N) is 1. The first-order valence-corrected chi connectivity index (χ1v) is 7.96. The molecule has 2 amide bonds. The molecule has 0 saturated carbocycles. The maximum atomic E-state index is 11.8. The third-order valence-electron chi connectivity index (χ3n) is 3.23. The van der Waals surface area contributed by atoms with E-state index in [1.807, 2.05) is 12.1 Å². The van der Waals surface area contributed by atoms with Crippen molar-refractivity contribution < 1.29 is 14.3 Å². The fraction of sp³-hybridized carbons (Fsp3) is 0.167. The van der Waals surface area contributed by atoms with Crippen LogP contribution in [0.3, 0.4) is 0 Å². The maximum Gasteiger partial charge on any atom is 0.240 e. The first kappa shape index (κ1) is 18.5. The number of carbonyl (C=O) groups excluding carboxylic acids is 2. The summed E-state index contributed by atoms with van der Waals surface area (Å²) in [5, 5.41) is 7.14. The Labute approximate surface area is 150 Å². The fourth-order valence-electron chi connectivity index (χ4n) is 1.91. The Bertz CT molecular complexity index is 743. The van der Waals surface area contributed by atoms with E-state index in [2.05, 4.69) is 15.8 Å². The molecule has 2 aromatic carbocycles. The van der Waals surface area contributed by atoms with Gasteiger partial charge in [0, 0.05) is 23.6 Å². The molecule has 0 radical (unpaired) electrons. The second-order valence-electron chi connectivity index (χ2n) is 5.12. The second-order valence-corrected chi connectivity index (χ2v) is 5.56. The smallest absolute Gasteiger partial charge is 0.240 e. The number of methoxy groups -OCH3 is 1. The van der Waals surface area contributed by atoms with Crippen LogP contribution in [0, 0.1) is 0 Å². The minimum absolute atomic E-state index is 0.0410. The molecule has 0 unspecified atom stereocenters. The van der Waals surface area contributed by atoms with E-state index < -0.39 is 0 Å². The molecule has 0 aliphatic heterocycles. The highest BCUT2D eigenvalue weighted by Crippen LogP contribution is 2.13. The summed E-state index contributed by atoms with van der Waals surface area (Å²) in [6.07, 6.45) is 1.62. The highest BCUT2D eigenvalue weighted by atomic mass is 35.5. The number of hydrazone groups is 1. The van der Waals surface area contributed by atoms with Gasteiger partial charge in [0.1, 0.15) is 5.75 Å². The Balaban J connectivity index is 1.71. The molecule has 130 valence electrons. The zero-order chi connectivity index (χ0) is 18.1. The van der Waals surface area contributed by atoms with Crippen LogP contribution < -0.4 is 15.5 Å². The van der Waals surface area contributed by atoms with Gasteiger partial charge in [-0.2, -0.15) is 5.10 Å². The van der Waals surface area contributed by atoms with E-state index in [1.54, 1.807) is 43.5 Å². The average Bonchev–Trinajstić information content (AvgIpc) is 2.62. The van der Waals surface area contributed by atoms with Crippen molar-refractivity contribution in [2.45, 2.75) is 12.8 Å². The van der Waals surface area contributed by atoms with Gasteiger partial charge in [-0.1, -0.05) is 11.6 Å². The molecule has 0 bridgehead atoms. The first-order valence-electron chi connectivity index (χ1n) is 7.58. The van der Waals surface area contributed by atoms with Crippen LogP contribution in [0.1, 0.15) is 18.4 Å². The van der Waals surface area contributed by atoms with Crippen LogP contribution in [0.25, 0.3) is 0 Å². The lowest BCUT2D eigenvalue weighted by Crippen LogP contribution is -2.20. The molecular formula is C18H18ClN3O3. The number of ether oxygens (including phenoxy) is 1. The molecule has 0 aliphatic rings. The highest BCUT2D eigenvalue weighted by Gasteiger charge is 2.06. The van der Waals surface area contributed by atoms with Crippen molar-refractivity contribution in [3.8, 4) is 5.75 Å². The Kier molecular flexibility index (Phi) is 6.98. The van der Waals surface area contributed by atoms with Crippen molar-refractivity contribution in [2.75, 3.05) is 12.4 Å². The van der Waals surface area contributed by atoms with Gasteiger partial charge < -0.3 is 10.1 Å². The van der Waals surface area contributed by atoms with E-state index in [1.165, 1.54) is 6.21 Å². The summed E-state index contributed by atoms with van der Waals surface area (Å²) >= 11 is 5.77. The summed E-state index contributed by atoms with van der Waals surface area (Å²) in [7, 11) is 1.59. The van der Waals surface area contributed by atoms with Gasteiger partial charge in [0.25, 0.3) is 0 Å². The van der Waals surface area contributed by atoms with Crippen molar-refractivity contribution in [3.63, 3.8) is 0 Å². The van der Waals surface area contributed by atoms with Crippen molar-refractivity contribution in [2.24, 2.45) is 5.10 Å². The van der Waals surface area contributed by atoms with Crippen LogP contribution in [0.15, 0.2) is 53.6 Å². The zero-order valence-electron chi connectivity index (χ0n) is 13.7. The SMILES string of the molecule is COc1ccc(/C=N\NC(=O)CCC(=O)Nc2ccc(Cl)cc2)cc1. The van der Waals surface area contributed by atoms with Gasteiger partial charge in [-0.3, -0.25) is 9.59 Å². The molecule has 2 aromatic rings. The Hall–Kier alpha value is -2.86. The van der Waals surface area contributed by atoms with Crippen molar-refractivity contribution in [1.82, 2.24) is 5.43 Å². The molecule has 2 N–H and O–H groups in total. The summed E-state index contributed by atoms with van der Waals surface area (Å²) in [4.78, 5) is 23.5. The van der Waals surface area contributed by atoms with E-state index in [4.69, 9.17) is 16.3 Å². The number of carbonyl (C=O) groups is 2. The van der Waals surface area contributed by atoms with Crippen molar-refractivity contribution >= 4 is 35.3 Å². The largest absolute Gasteiger partial charge is 0.497 e. The van der Waals surface area contributed by atoms with Crippen LogP contribution >= 0.6 is 11.6 Å². The normalized spacial score (nSPS) is 10.5. The first-order chi connectivity index (χ1) is 12.1. The van der Waals surface area contributed by atoms with Gasteiger partial charge in [-0.05, 0) is 54.1 Å². The third kappa shape index (κ3) is 6.64. The molecular weight excluding hydrogens is 342 g/mol. The van der Waals surface area contributed by atoms with Crippen LogP contribution in [0.4, 0.5) is 5.69 Å². The number of benzene rings is 2. The van der Waals surface area contributed by atoms with Gasteiger partial charge in [0.15, 0.2) is 0 Å². The lowest BCUT2D eigenvalue weighted by molar-refractivity contribution is -0.124. The molecule has 6 nitrogen and oxygen atoms in total. The molecule has 0 heterocycles. The van der Waals surface area contributed by atoms with E-state index >= 15 is 0 Å². The van der Waals surface area contributed by atoms with Gasteiger partial charge in [-0.25, -0.2) is 5.43 Å².